The van der Waals surface area contributed by atoms with Crippen LogP contribution in [-0.2, 0) is 6.54 Å². The maximum absolute atomic E-state index is 6.06. The van der Waals surface area contributed by atoms with Crippen LogP contribution in [0.4, 0.5) is 0 Å². The summed E-state index contributed by atoms with van der Waals surface area (Å²) in [4.78, 5) is 0. The van der Waals surface area contributed by atoms with Crippen molar-refractivity contribution in [3.05, 3.63) is 58.7 Å². The number of nitrogens with one attached hydrogen (secondary N) is 1. The molecule has 2 aromatic rings. The highest BCUT2D eigenvalue weighted by atomic mass is 16.5. The molecule has 0 aromatic heterocycles. The van der Waals surface area contributed by atoms with Gasteiger partial charge in [0.15, 0.2) is 0 Å². The van der Waals surface area contributed by atoms with Crippen LogP contribution in [0, 0.1) is 20.8 Å². The van der Waals surface area contributed by atoms with Gasteiger partial charge in [-0.25, -0.2) is 0 Å². The number of rotatable bonds is 5. The van der Waals surface area contributed by atoms with E-state index in [1.165, 1.54) is 16.7 Å². The number of aryl methyl sites for hydroxylation is 3. The molecule has 0 heterocycles. The first-order valence-electron chi connectivity index (χ1n) is 7.53. The fourth-order valence-electron chi connectivity index (χ4n) is 2.09. The predicted molar refractivity (Wildman–Crippen MR) is 89.1 cm³/mol. The molecule has 2 nitrogen and oxygen atoms in total. The van der Waals surface area contributed by atoms with Crippen LogP contribution in [0.3, 0.4) is 0 Å². The first-order valence-corrected chi connectivity index (χ1v) is 7.53. The van der Waals surface area contributed by atoms with Gasteiger partial charge in [-0.1, -0.05) is 32.0 Å². The van der Waals surface area contributed by atoms with Crippen LogP contribution in [0.2, 0.25) is 0 Å². The van der Waals surface area contributed by atoms with Crippen LogP contribution in [0.1, 0.15) is 36.1 Å². The molecule has 0 atom stereocenters. The predicted octanol–water partition coefficient (Wildman–Crippen LogP) is 4.90. The lowest BCUT2D eigenvalue weighted by atomic mass is 10.1. The van der Waals surface area contributed by atoms with Gasteiger partial charge < -0.3 is 10.1 Å². The van der Waals surface area contributed by atoms with Crippen LogP contribution in [0.15, 0.2) is 36.4 Å². The number of ether oxygens (including phenoxy) is 1. The molecule has 0 radical (unpaired) electrons. The summed E-state index contributed by atoms with van der Waals surface area (Å²) < 4.78 is 6.06. The topological polar surface area (TPSA) is 21.3 Å². The Morgan fingerprint density at radius 1 is 0.905 bits per heavy atom. The van der Waals surface area contributed by atoms with E-state index in [2.05, 4.69) is 70.3 Å². The van der Waals surface area contributed by atoms with E-state index in [0.29, 0.717) is 6.04 Å². The van der Waals surface area contributed by atoms with Crippen LogP contribution in [0.25, 0.3) is 0 Å². The molecular weight excluding hydrogens is 258 g/mol. The minimum atomic E-state index is 0.482. The van der Waals surface area contributed by atoms with E-state index in [4.69, 9.17) is 4.74 Å². The molecule has 21 heavy (non-hydrogen) atoms. The lowest BCUT2D eigenvalue weighted by molar-refractivity contribution is 0.476. The Kier molecular flexibility index (Phi) is 5.03. The summed E-state index contributed by atoms with van der Waals surface area (Å²) >= 11 is 0. The Bertz CT molecular complexity index is 617. The quantitative estimate of drug-likeness (QED) is 0.842. The Morgan fingerprint density at radius 3 is 2.29 bits per heavy atom. The lowest BCUT2D eigenvalue weighted by Crippen LogP contribution is -2.21. The average Bonchev–Trinajstić information content (AvgIpc) is 2.43. The van der Waals surface area contributed by atoms with Crippen molar-refractivity contribution in [3.8, 4) is 11.5 Å². The second kappa shape index (κ2) is 6.77. The third-order valence-corrected chi connectivity index (χ3v) is 3.67. The van der Waals surface area contributed by atoms with Crippen molar-refractivity contribution < 1.29 is 4.74 Å². The first kappa shape index (κ1) is 15.6. The normalized spacial score (nSPS) is 11.0. The second-order valence-electron chi connectivity index (χ2n) is 5.98. The number of hydrogen-bond donors (Lipinski definition) is 1. The summed E-state index contributed by atoms with van der Waals surface area (Å²) in [5.74, 6) is 1.83. The highest BCUT2D eigenvalue weighted by molar-refractivity contribution is 5.42. The minimum Gasteiger partial charge on any atom is -0.457 e. The molecule has 0 aliphatic rings. The van der Waals surface area contributed by atoms with Gasteiger partial charge in [0, 0.05) is 12.6 Å². The van der Waals surface area contributed by atoms with E-state index < -0.39 is 0 Å². The fourth-order valence-corrected chi connectivity index (χ4v) is 2.09. The average molecular weight is 283 g/mol. The molecule has 0 aliphatic heterocycles. The largest absolute Gasteiger partial charge is 0.457 e. The van der Waals surface area contributed by atoms with E-state index in [0.717, 1.165) is 23.6 Å². The summed E-state index contributed by atoms with van der Waals surface area (Å²) in [7, 11) is 0. The molecule has 0 amide bonds. The van der Waals surface area contributed by atoms with Crippen LogP contribution >= 0.6 is 0 Å². The van der Waals surface area contributed by atoms with Crippen molar-refractivity contribution in [3.63, 3.8) is 0 Å². The van der Waals surface area contributed by atoms with Gasteiger partial charge in [-0.3, -0.25) is 0 Å². The zero-order valence-electron chi connectivity index (χ0n) is 13.7. The summed E-state index contributed by atoms with van der Waals surface area (Å²) in [5, 5.41) is 3.43. The van der Waals surface area contributed by atoms with E-state index in [9.17, 15) is 0 Å². The van der Waals surface area contributed by atoms with Gasteiger partial charge >= 0.3 is 0 Å². The maximum atomic E-state index is 6.06. The molecule has 0 spiro atoms. The molecule has 0 bridgehead atoms. The molecule has 1 N–H and O–H groups in total. The molecule has 0 saturated carbocycles. The second-order valence-corrected chi connectivity index (χ2v) is 5.98. The van der Waals surface area contributed by atoms with Crippen molar-refractivity contribution >= 4 is 0 Å². The third-order valence-electron chi connectivity index (χ3n) is 3.67. The number of benzene rings is 2. The molecule has 0 saturated heterocycles. The van der Waals surface area contributed by atoms with E-state index in [1.807, 2.05) is 6.07 Å². The highest BCUT2D eigenvalue weighted by Crippen LogP contribution is 2.27. The molecular formula is C19H25NO. The van der Waals surface area contributed by atoms with Gasteiger partial charge in [-0.2, -0.15) is 0 Å². The first-order chi connectivity index (χ1) is 9.95. The van der Waals surface area contributed by atoms with Crippen LogP contribution < -0.4 is 10.1 Å². The molecule has 0 aliphatic carbocycles. The van der Waals surface area contributed by atoms with Crippen molar-refractivity contribution in [2.24, 2.45) is 0 Å². The van der Waals surface area contributed by atoms with Crippen LogP contribution in [0.5, 0.6) is 11.5 Å². The monoisotopic (exact) mass is 283 g/mol. The van der Waals surface area contributed by atoms with E-state index in [-0.39, 0.29) is 0 Å². The third kappa shape index (κ3) is 4.33. The maximum Gasteiger partial charge on any atom is 0.130 e. The number of hydrogen-bond acceptors (Lipinski definition) is 2. The van der Waals surface area contributed by atoms with Crippen molar-refractivity contribution in [1.82, 2.24) is 5.32 Å². The fraction of sp³-hybridized carbons (Fsp3) is 0.368. The summed E-state index contributed by atoms with van der Waals surface area (Å²) in [5.41, 5.74) is 4.94. The smallest absolute Gasteiger partial charge is 0.130 e. The zero-order chi connectivity index (χ0) is 15.4. The van der Waals surface area contributed by atoms with Gasteiger partial charge in [0.1, 0.15) is 11.5 Å². The Morgan fingerprint density at radius 2 is 1.62 bits per heavy atom. The molecule has 2 heteroatoms. The summed E-state index contributed by atoms with van der Waals surface area (Å²) in [6, 6.07) is 13.1. The molecule has 112 valence electrons. The van der Waals surface area contributed by atoms with E-state index >= 15 is 0 Å². The van der Waals surface area contributed by atoms with Gasteiger partial charge in [-0.15, -0.1) is 0 Å². The standard InChI is InChI=1S/C19H25NO/c1-13(2)20-12-17-8-6-15(4)19(11-17)21-18-9-7-14(3)16(5)10-18/h6-11,13,20H,12H2,1-5H3. The molecule has 0 fully saturated rings. The SMILES string of the molecule is Cc1ccc(Oc2cc(CNC(C)C)ccc2C)cc1C. The Balaban J connectivity index is 2.18. The van der Waals surface area contributed by atoms with Gasteiger partial charge in [0.2, 0.25) is 0 Å². The van der Waals surface area contributed by atoms with Gasteiger partial charge in [0.05, 0.1) is 0 Å². The van der Waals surface area contributed by atoms with Gasteiger partial charge in [-0.05, 0) is 61.2 Å². The van der Waals surface area contributed by atoms with Crippen molar-refractivity contribution in [2.75, 3.05) is 0 Å². The molecule has 0 unspecified atom stereocenters. The zero-order valence-corrected chi connectivity index (χ0v) is 13.7. The summed E-state index contributed by atoms with van der Waals surface area (Å²) in [6.45, 7) is 11.5. The Hall–Kier alpha value is -1.80. The molecule has 2 rings (SSSR count). The minimum absolute atomic E-state index is 0.482. The van der Waals surface area contributed by atoms with Gasteiger partial charge in [0.25, 0.3) is 0 Å². The highest BCUT2D eigenvalue weighted by Gasteiger charge is 2.05. The van der Waals surface area contributed by atoms with Crippen molar-refractivity contribution in [1.29, 1.82) is 0 Å². The van der Waals surface area contributed by atoms with Crippen molar-refractivity contribution in [2.45, 2.75) is 47.2 Å². The lowest BCUT2D eigenvalue weighted by Gasteiger charge is -2.13. The van der Waals surface area contributed by atoms with Crippen LogP contribution in [-0.4, -0.2) is 6.04 Å². The van der Waals surface area contributed by atoms with E-state index in [1.54, 1.807) is 0 Å². The Labute approximate surface area is 128 Å². The summed E-state index contributed by atoms with van der Waals surface area (Å²) in [6.07, 6.45) is 0. The molecule has 2 aromatic carbocycles.